The first-order valence-electron chi connectivity index (χ1n) is 3.19. The van der Waals surface area contributed by atoms with Gasteiger partial charge in [0.05, 0.1) is 4.90 Å². The molecule has 0 spiro atoms. The van der Waals surface area contributed by atoms with Crippen LogP contribution in [0.5, 0.6) is 0 Å². The van der Waals surface area contributed by atoms with Crippen LogP contribution in [0.4, 0.5) is 0 Å². The van der Waals surface area contributed by atoms with Crippen LogP contribution in [0.2, 0.25) is 5.02 Å². The summed E-state index contributed by atoms with van der Waals surface area (Å²) in [7, 11) is -3.31. The first-order chi connectivity index (χ1) is 5.56. The Morgan fingerprint density at radius 3 is 2.17 bits per heavy atom. The normalized spacial score (nSPS) is 11.1. The van der Waals surface area contributed by atoms with Gasteiger partial charge >= 0.3 is 0 Å². The van der Waals surface area contributed by atoms with Crippen molar-refractivity contribution in [3.63, 3.8) is 0 Å². The molecule has 0 unspecified atom stereocenters. The van der Waals surface area contributed by atoms with Gasteiger partial charge < -0.3 is 0 Å². The van der Waals surface area contributed by atoms with E-state index in [1.165, 1.54) is 24.3 Å². The average molecular weight is 203 g/mol. The highest BCUT2D eigenvalue weighted by molar-refractivity contribution is 7.94. The standard InChI is InChI=1S/C8H7ClO2S/c1-2-12(10,11)8-5-3-7(9)4-6-8/h2-6H,1H2. The monoisotopic (exact) mass is 202 g/mol. The molecule has 1 rings (SSSR count). The molecule has 0 radical (unpaired) electrons. The van der Waals surface area contributed by atoms with Crippen molar-refractivity contribution >= 4 is 21.4 Å². The Morgan fingerprint density at radius 1 is 1.25 bits per heavy atom. The molecule has 0 aromatic heterocycles. The summed E-state index contributed by atoms with van der Waals surface area (Å²) in [5.74, 6) is 0. The number of rotatable bonds is 2. The highest BCUT2D eigenvalue weighted by atomic mass is 35.5. The summed E-state index contributed by atoms with van der Waals surface area (Å²) in [4.78, 5) is 0.210. The van der Waals surface area contributed by atoms with E-state index in [0.29, 0.717) is 5.02 Å². The Kier molecular flexibility index (Phi) is 2.55. The van der Waals surface area contributed by atoms with Gasteiger partial charge in [0.2, 0.25) is 0 Å². The maximum absolute atomic E-state index is 11.2. The fourth-order valence-corrected chi connectivity index (χ4v) is 1.55. The maximum atomic E-state index is 11.2. The summed E-state index contributed by atoms with van der Waals surface area (Å²) < 4.78 is 22.3. The number of sulfone groups is 1. The lowest BCUT2D eigenvalue weighted by atomic mass is 10.4. The molecule has 1 aromatic carbocycles. The smallest absolute Gasteiger partial charge is 0.199 e. The Morgan fingerprint density at radius 2 is 1.75 bits per heavy atom. The molecular formula is C8H7ClO2S. The summed E-state index contributed by atoms with van der Waals surface area (Å²) >= 11 is 5.58. The molecule has 0 aliphatic carbocycles. The van der Waals surface area contributed by atoms with Crippen molar-refractivity contribution in [3.05, 3.63) is 41.3 Å². The quantitative estimate of drug-likeness (QED) is 0.737. The third-order valence-corrected chi connectivity index (χ3v) is 2.98. The minimum Gasteiger partial charge on any atom is -0.219 e. The third-order valence-electron chi connectivity index (χ3n) is 1.36. The summed E-state index contributed by atoms with van der Waals surface area (Å²) in [5, 5.41) is 1.42. The highest BCUT2D eigenvalue weighted by Gasteiger charge is 2.07. The van der Waals surface area contributed by atoms with E-state index >= 15 is 0 Å². The van der Waals surface area contributed by atoms with Gasteiger partial charge in [0.1, 0.15) is 0 Å². The van der Waals surface area contributed by atoms with Crippen molar-refractivity contribution in [2.24, 2.45) is 0 Å². The van der Waals surface area contributed by atoms with Crippen LogP contribution in [0.3, 0.4) is 0 Å². The molecule has 4 heteroatoms. The largest absolute Gasteiger partial charge is 0.219 e. The van der Waals surface area contributed by atoms with Crippen molar-refractivity contribution in [1.29, 1.82) is 0 Å². The lowest BCUT2D eigenvalue weighted by Crippen LogP contribution is -1.94. The molecule has 0 saturated heterocycles. The highest BCUT2D eigenvalue weighted by Crippen LogP contribution is 2.15. The molecule has 0 atom stereocenters. The Bertz CT molecular complexity index is 378. The van der Waals surface area contributed by atoms with E-state index in [1.54, 1.807) is 0 Å². The first kappa shape index (κ1) is 9.29. The molecule has 0 aliphatic rings. The number of halogens is 1. The lowest BCUT2D eigenvalue weighted by Gasteiger charge is -1.96. The molecule has 0 fully saturated rings. The van der Waals surface area contributed by atoms with Crippen LogP contribution in [-0.2, 0) is 9.84 Å². The van der Waals surface area contributed by atoms with E-state index in [1.807, 2.05) is 0 Å². The predicted octanol–water partition coefficient (Wildman–Crippen LogP) is 2.26. The molecule has 0 aliphatic heterocycles. The van der Waals surface area contributed by atoms with Crippen molar-refractivity contribution < 1.29 is 8.42 Å². The average Bonchev–Trinajstić information content (AvgIpc) is 2.05. The van der Waals surface area contributed by atoms with E-state index in [-0.39, 0.29) is 4.90 Å². The van der Waals surface area contributed by atoms with Crippen LogP contribution in [0.15, 0.2) is 41.1 Å². The van der Waals surface area contributed by atoms with Crippen LogP contribution in [0.25, 0.3) is 0 Å². The second kappa shape index (κ2) is 3.29. The van der Waals surface area contributed by atoms with Gasteiger partial charge in [-0.15, -0.1) is 0 Å². The van der Waals surface area contributed by atoms with Gasteiger partial charge in [0, 0.05) is 10.4 Å². The molecule has 0 N–H and O–H groups in total. The zero-order valence-corrected chi connectivity index (χ0v) is 7.77. The number of hydrogen-bond acceptors (Lipinski definition) is 2. The molecule has 0 amide bonds. The Hall–Kier alpha value is -0.800. The van der Waals surface area contributed by atoms with E-state index < -0.39 is 9.84 Å². The topological polar surface area (TPSA) is 34.1 Å². The molecule has 0 heterocycles. The molecule has 0 saturated carbocycles. The minimum atomic E-state index is -3.31. The zero-order valence-electron chi connectivity index (χ0n) is 6.20. The van der Waals surface area contributed by atoms with Crippen LogP contribution < -0.4 is 0 Å². The summed E-state index contributed by atoms with van der Waals surface area (Å²) in [6.45, 7) is 3.21. The van der Waals surface area contributed by atoms with Gasteiger partial charge in [0.15, 0.2) is 9.84 Å². The molecule has 2 nitrogen and oxygen atoms in total. The number of hydrogen-bond donors (Lipinski definition) is 0. The second-order valence-electron chi connectivity index (χ2n) is 2.17. The van der Waals surface area contributed by atoms with E-state index in [0.717, 1.165) is 5.41 Å². The SMILES string of the molecule is C=CS(=O)(=O)c1ccc(Cl)cc1. The van der Waals surface area contributed by atoms with Crippen LogP contribution >= 0.6 is 11.6 Å². The van der Waals surface area contributed by atoms with Crippen molar-refractivity contribution in [2.75, 3.05) is 0 Å². The van der Waals surface area contributed by atoms with Gasteiger partial charge in [-0.2, -0.15) is 0 Å². The van der Waals surface area contributed by atoms with Gasteiger partial charge in [-0.05, 0) is 24.3 Å². The Balaban J connectivity index is 3.23. The van der Waals surface area contributed by atoms with E-state index in [4.69, 9.17) is 11.6 Å². The third kappa shape index (κ3) is 1.87. The van der Waals surface area contributed by atoms with Gasteiger partial charge in [0.25, 0.3) is 0 Å². The predicted molar refractivity (Wildman–Crippen MR) is 48.8 cm³/mol. The van der Waals surface area contributed by atoms with Crippen LogP contribution in [-0.4, -0.2) is 8.42 Å². The maximum Gasteiger partial charge on any atom is 0.199 e. The van der Waals surface area contributed by atoms with Crippen molar-refractivity contribution in [1.82, 2.24) is 0 Å². The fraction of sp³-hybridized carbons (Fsp3) is 0. The van der Waals surface area contributed by atoms with Crippen LogP contribution in [0, 0.1) is 0 Å². The second-order valence-corrected chi connectivity index (χ2v) is 4.50. The fourth-order valence-electron chi connectivity index (χ4n) is 0.721. The molecule has 0 bridgehead atoms. The van der Waals surface area contributed by atoms with Gasteiger partial charge in [-0.3, -0.25) is 0 Å². The first-order valence-corrected chi connectivity index (χ1v) is 5.12. The number of benzene rings is 1. The van der Waals surface area contributed by atoms with Gasteiger partial charge in [-0.1, -0.05) is 18.2 Å². The summed E-state index contributed by atoms with van der Waals surface area (Å²) in [6.07, 6.45) is 0. The Labute approximate surface area is 76.4 Å². The van der Waals surface area contributed by atoms with Crippen molar-refractivity contribution in [3.8, 4) is 0 Å². The summed E-state index contributed by atoms with van der Waals surface area (Å²) in [5.41, 5.74) is 0. The minimum absolute atomic E-state index is 0.210. The lowest BCUT2D eigenvalue weighted by molar-refractivity contribution is 0.604. The molecular weight excluding hydrogens is 196 g/mol. The van der Waals surface area contributed by atoms with E-state index in [9.17, 15) is 8.42 Å². The summed E-state index contributed by atoms with van der Waals surface area (Å²) in [6, 6.07) is 5.94. The van der Waals surface area contributed by atoms with Gasteiger partial charge in [-0.25, -0.2) is 8.42 Å². The molecule has 12 heavy (non-hydrogen) atoms. The molecule has 1 aromatic rings. The van der Waals surface area contributed by atoms with E-state index in [2.05, 4.69) is 6.58 Å². The molecule has 64 valence electrons. The van der Waals surface area contributed by atoms with Crippen LogP contribution in [0.1, 0.15) is 0 Å². The van der Waals surface area contributed by atoms with Crippen molar-refractivity contribution in [2.45, 2.75) is 4.90 Å². The zero-order chi connectivity index (χ0) is 9.19.